The van der Waals surface area contributed by atoms with E-state index in [9.17, 15) is 0 Å². The van der Waals surface area contributed by atoms with E-state index in [0.29, 0.717) is 6.32 Å². The van der Waals surface area contributed by atoms with Crippen LogP contribution in [0.4, 0.5) is 0 Å². The highest BCUT2D eigenvalue weighted by atomic mass is 13.6. The van der Waals surface area contributed by atoms with Gasteiger partial charge in [-0.05, 0) is 0 Å². The Morgan fingerprint density at radius 2 is 2.33 bits per heavy atom. The highest BCUT2D eigenvalue weighted by Crippen LogP contribution is 1.74. The first-order chi connectivity index (χ1) is 2.91. The molecule has 0 amide bonds. The van der Waals surface area contributed by atoms with Gasteiger partial charge in [-0.15, -0.1) is 0 Å². The van der Waals surface area contributed by atoms with Crippen LogP contribution in [0.3, 0.4) is 0 Å². The van der Waals surface area contributed by atoms with Crippen LogP contribution >= 0.6 is 0 Å². The molecule has 0 rings (SSSR count). The fourth-order valence-electron chi connectivity index (χ4n) is 0.175. The molecule has 0 aliphatic rings. The van der Waals surface area contributed by atoms with Crippen LogP contribution in [-0.2, 0) is 0 Å². The second-order valence-electron chi connectivity index (χ2n) is 0.900. The fraction of sp³-hybridized carbons (Fsp3) is 0.200. The van der Waals surface area contributed by atoms with Crippen LogP contribution in [0.5, 0.6) is 0 Å². The zero-order chi connectivity index (χ0) is 4.83. The lowest BCUT2D eigenvalue weighted by molar-refractivity contribution is 1.71. The Labute approximate surface area is 40.0 Å². The zero-order valence-electron chi connectivity index (χ0n) is 3.72. The summed E-state index contributed by atoms with van der Waals surface area (Å²) in [6.07, 6.45) is 5.96. The van der Waals surface area contributed by atoms with Gasteiger partial charge >= 0.3 is 0 Å². The molecule has 0 fully saturated rings. The normalized spacial score (nSPS) is 9.33. The predicted molar refractivity (Wildman–Crippen MR) is 29.9 cm³/mol. The van der Waals surface area contributed by atoms with Crippen molar-refractivity contribution in [2.24, 2.45) is 0 Å². The maximum absolute atomic E-state index is 5.08. The van der Waals surface area contributed by atoms with E-state index in [4.69, 9.17) is 7.85 Å². The van der Waals surface area contributed by atoms with Crippen LogP contribution in [0.1, 0.15) is 0 Å². The van der Waals surface area contributed by atoms with Crippen LogP contribution in [0.2, 0.25) is 6.32 Å². The molecule has 1 heteroatoms. The SMILES string of the molecule is [B]CC=CC=C. The molecule has 0 atom stereocenters. The smallest absolute Gasteiger partial charge is 0.0708 e. The Hall–Kier alpha value is -0.455. The van der Waals surface area contributed by atoms with Crippen LogP contribution in [0, 0.1) is 0 Å². The summed E-state index contributed by atoms with van der Waals surface area (Å²) in [5.74, 6) is 0. The molecule has 0 aliphatic heterocycles. The first-order valence-electron chi connectivity index (χ1n) is 1.89. The third-order valence-electron chi connectivity index (χ3n) is 0.408. The van der Waals surface area contributed by atoms with Crippen molar-refractivity contribution in [3.63, 3.8) is 0 Å². The largest absolute Gasteiger partial charge is 0.0991 e. The van der Waals surface area contributed by atoms with Crippen molar-refractivity contribution >= 4 is 7.85 Å². The molecule has 6 heavy (non-hydrogen) atoms. The van der Waals surface area contributed by atoms with Gasteiger partial charge in [0.1, 0.15) is 0 Å². The Morgan fingerprint density at radius 1 is 1.67 bits per heavy atom. The maximum Gasteiger partial charge on any atom is 0.0708 e. The Balaban J connectivity index is 2.94. The summed E-state index contributed by atoms with van der Waals surface area (Å²) in [4.78, 5) is 0. The molecule has 0 spiro atoms. The van der Waals surface area contributed by atoms with Crippen molar-refractivity contribution in [1.82, 2.24) is 0 Å². The van der Waals surface area contributed by atoms with E-state index in [1.165, 1.54) is 0 Å². The molecule has 0 heterocycles. The molecule has 0 aromatic carbocycles. The average molecular weight is 77.9 g/mol. The van der Waals surface area contributed by atoms with E-state index in [0.717, 1.165) is 0 Å². The van der Waals surface area contributed by atoms with Crippen molar-refractivity contribution in [2.45, 2.75) is 6.32 Å². The highest BCUT2D eigenvalue weighted by molar-refractivity contribution is 6.09. The summed E-state index contributed by atoms with van der Waals surface area (Å²) in [5.41, 5.74) is 0. The quantitative estimate of drug-likeness (QED) is 0.345. The lowest BCUT2D eigenvalue weighted by Gasteiger charge is -1.67. The number of allylic oxidation sites excluding steroid dienone is 3. The Morgan fingerprint density at radius 3 is 2.50 bits per heavy atom. The molecule has 0 saturated heterocycles. The molecule has 0 aromatic heterocycles. The van der Waals surface area contributed by atoms with E-state index < -0.39 is 0 Å². The average Bonchev–Trinajstić information content (AvgIpc) is 1.61. The molecule has 0 aliphatic carbocycles. The maximum atomic E-state index is 5.08. The number of hydrogen-bond donors (Lipinski definition) is 0. The van der Waals surface area contributed by atoms with Gasteiger partial charge in [0.2, 0.25) is 0 Å². The lowest BCUT2D eigenvalue weighted by atomic mass is 10.1. The zero-order valence-corrected chi connectivity index (χ0v) is 3.72. The number of rotatable bonds is 2. The monoisotopic (exact) mass is 78.1 g/mol. The van der Waals surface area contributed by atoms with E-state index in [1.807, 2.05) is 12.2 Å². The van der Waals surface area contributed by atoms with E-state index in [2.05, 4.69) is 6.58 Å². The van der Waals surface area contributed by atoms with Crippen molar-refractivity contribution in [3.05, 3.63) is 24.8 Å². The van der Waals surface area contributed by atoms with Gasteiger partial charge in [-0.2, -0.15) is 0 Å². The van der Waals surface area contributed by atoms with Crippen molar-refractivity contribution in [2.75, 3.05) is 0 Å². The summed E-state index contributed by atoms with van der Waals surface area (Å²) in [6, 6.07) is 0. The summed E-state index contributed by atoms with van der Waals surface area (Å²) in [7, 11) is 5.08. The van der Waals surface area contributed by atoms with Gasteiger partial charge in [0.15, 0.2) is 0 Å². The van der Waals surface area contributed by atoms with Gasteiger partial charge in [0.05, 0.1) is 7.85 Å². The van der Waals surface area contributed by atoms with E-state index >= 15 is 0 Å². The molecule has 0 bridgehead atoms. The van der Waals surface area contributed by atoms with E-state index in [1.54, 1.807) is 6.08 Å². The summed E-state index contributed by atoms with van der Waals surface area (Å²) >= 11 is 0. The van der Waals surface area contributed by atoms with Gasteiger partial charge in [0, 0.05) is 0 Å². The Kier molecular flexibility index (Phi) is 4.20. The Bertz CT molecular complexity index is 55.0. The van der Waals surface area contributed by atoms with Gasteiger partial charge in [0.25, 0.3) is 0 Å². The third-order valence-corrected chi connectivity index (χ3v) is 0.408. The molecule has 0 N–H and O–H groups in total. The molecule has 0 unspecified atom stereocenters. The lowest BCUT2D eigenvalue weighted by Crippen LogP contribution is -1.52. The molecule has 0 saturated carbocycles. The molecule has 0 nitrogen and oxygen atoms in total. The first kappa shape index (κ1) is 5.54. The van der Waals surface area contributed by atoms with Gasteiger partial charge in [-0.25, -0.2) is 0 Å². The summed E-state index contributed by atoms with van der Waals surface area (Å²) in [5, 5.41) is 0. The van der Waals surface area contributed by atoms with Crippen LogP contribution in [-0.4, -0.2) is 7.85 Å². The van der Waals surface area contributed by atoms with Gasteiger partial charge in [-0.3, -0.25) is 0 Å². The van der Waals surface area contributed by atoms with Crippen molar-refractivity contribution in [3.8, 4) is 0 Å². The van der Waals surface area contributed by atoms with Crippen molar-refractivity contribution < 1.29 is 0 Å². The number of hydrogen-bond acceptors (Lipinski definition) is 0. The van der Waals surface area contributed by atoms with Crippen molar-refractivity contribution in [1.29, 1.82) is 0 Å². The van der Waals surface area contributed by atoms with Crippen LogP contribution < -0.4 is 0 Å². The molecule has 30 valence electrons. The summed E-state index contributed by atoms with van der Waals surface area (Å²) < 4.78 is 0. The molecule has 2 radical (unpaired) electrons. The van der Waals surface area contributed by atoms with Gasteiger partial charge < -0.3 is 0 Å². The highest BCUT2D eigenvalue weighted by Gasteiger charge is 1.55. The van der Waals surface area contributed by atoms with Crippen LogP contribution in [0.25, 0.3) is 0 Å². The van der Waals surface area contributed by atoms with E-state index in [-0.39, 0.29) is 0 Å². The fourth-order valence-corrected chi connectivity index (χ4v) is 0.175. The minimum absolute atomic E-state index is 0.603. The molecular formula is C5H7B. The first-order valence-corrected chi connectivity index (χ1v) is 1.89. The minimum Gasteiger partial charge on any atom is -0.0991 e. The topological polar surface area (TPSA) is 0 Å². The standard InChI is InChI=1S/C5H7B/c1-2-3-4-5-6/h2-4H,1,5H2. The summed E-state index contributed by atoms with van der Waals surface area (Å²) in [6.45, 7) is 3.46. The second kappa shape index (κ2) is 4.54. The van der Waals surface area contributed by atoms with Gasteiger partial charge in [-0.1, -0.05) is 31.1 Å². The molecule has 0 aromatic rings. The predicted octanol–water partition coefficient (Wildman–Crippen LogP) is 1.32. The third kappa shape index (κ3) is 3.54. The second-order valence-corrected chi connectivity index (χ2v) is 0.900. The minimum atomic E-state index is 0.603. The van der Waals surface area contributed by atoms with Crippen LogP contribution in [0.15, 0.2) is 24.8 Å². The molecular weight excluding hydrogens is 70.9 g/mol.